The van der Waals surface area contributed by atoms with E-state index in [0.29, 0.717) is 28.8 Å². The lowest BCUT2D eigenvalue weighted by molar-refractivity contribution is -0.121. The van der Waals surface area contributed by atoms with Gasteiger partial charge in [-0.15, -0.1) is 0 Å². The molecule has 28 heavy (non-hydrogen) atoms. The number of hydrogen-bond acceptors (Lipinski definition) is 4. The first kappa shape index (κ1) is 20.1. The summed E-state index contributed by atoms with van der Waals surface area (Å²) >= 11 is 5.42. The number of nitrogens with one attached hydrogen (secondary N) is 3. The SMILES string of the molecule is COc1ccc2[nH]c3c(=O)n(CCCCCC(=O)NC(C)C)c(=S)[nH]c3c2c1. The molecule has 0 unspecified atom stereocenters. The molecule has 7 nitrogen and oxygen atoms in total. The van der Waals surface area contributed by atoms with Crippen molar-refractivity contribution < 1.29 is 9.53 Å². The van der Waals surface area contributed by atoms with E-state index in [1.54, 1.807) is 11.7 Å². The second-order valence-electron chi connectivity index (χ2n) is 7.21. The number of methoxy groups -OCH3 is 1. The van der Waals surface area contributed by atoms with Crippen molar-refractivity contribution in [2.45, 2.75) is 52.1 Å². The monoisotopic (exact) mass is 402 g/mol. The quantitative estimate of drug-likeness (QED) is 0.396. The second kappa shape index (κ2) is 8.60. The number of hydrogen-bond donors (Lipinski definition) is 3. The van der Waals surface area contributed by atoms with Gasteiger partial charge in [-0.25, -0.2) is 0 Å². The van der Waals surface area contributed by atoms with Gasteiger partial charge in [0.1, 0.15) is 11.3 Å². The van der Waals surface area contributed by atoms with Gasteiger partial charge in [-0.3, -0.25) is 14.2 Å². The van der Waals surface area contributed by atoms with Gasteiger partial charge in [-0.1, -0.05) is 6.42 Å². The van der Waals surface area contributed by atoms with Crippen LogP contribution < -0.4 is 15.6 Å². The molecular weight excluding hydrogens is 376 g/mol. The molecule has 0 aliphatic heterocycles. The number of fused-ring (bicyclic) bond motifs is 3. The Kier molecular flexibility index (Phi) is 6.18. The van der Waals surface area contributed by atoms with Crippen LogP contribution in [0.5, 0.6) is 5.75 Å². The third kappa shape index (κ3) is 4.27. The van der Waals surface area contributed by atoms with Gasteiger partial charge in [0, 0.05) is 29.9 Å². The van der Waals surface area contributed by atoms with E-state index in [9.17, 15) is 9.59 Å². The minimum absolute atomic E-state index is 0.0689. The number of nitrogens with zero attached hydrogens (tertiary/aromatic N) is 1. The number of H-pyrrole nitrogens is 2. The largest absolute Gasteiger partial charge is 0.497 e. The summed E-state index contributed by atoms with van der Waals surface area (Å²) in [6.07, 6.45) is 2.93. The number of carbonyl (C=O) groups excluding carboxylic acids is 1. The van der Waals surface area contributed by atoms with Crippen molar-refractivity contribution in [3.63, 3.8) is 0 Å². The van der Waals surface area contributed by atoms with Gasteiger partial charge in [0.05, 0.1) is 12.6 Å². The molecule has 1 amide bonds. The van der Waals surface area contributed by atoms with Crippen LogP contribution in [0, 0.1) is 4.77 Å². The third-order valence-electron chi connectivity index (χ3n) is 4.68. The lowest BCUT2D eigenvalue weighted by Gasteiger charge is -2.08. The number of benzene rings is 1. The van der Waals surface area contributed by atoms with Crippen LogP contribution in [-0.4, -0.2) is 33.6 Å². The van der Waals surface area contributed by atoms with Crippen molar-refractivity contribution in [1.82, 2.24) is 19.9 Å². The topological polar surface area (TPSA) is 91.9 Å². The fourth-order valence-electron chi connectivity index (χ4n) is 3.32. The van der Waals surface area contributed by atoms with Gasteiger partial charge in [-0.2, -0.15) is 0 Å². The summed E-state index contributed by atoms with van der Waals surface area (Å²) in [6.45, 7) is 4.42. The number of amides is 1. The average molecular weight is 403 g/mol. The Bertz CT molecular complexity index is 1110. The van der Waals surface area contributed by atoms with E-state index in [2.05, 4.69) is 15.3 Å². The number of ether oxygens (including phenoxy) is 1. The molecular formula is C20H26N4O3S. The van der Waals surface area contributed by atoms with E-state index in [4.69, 9.17) is 17.0 Å². The zero-order valence-corrected chi connectivity index (χ0v) is 17.2. The first-order chi connectivity index (χ1) is 13.4. The number of aromatic nitrogens is 3. The zero-order chi connectivity index (χ0) is 20.3. The maximum absolute atomic E-state index is 12.9. The van der Waals surface area contributed by atoms with Crippen molar-refractivity contribution in [3.8, 4) is 5.75 Å². The van der Waals surface area contributed by atoms with Crippen LogP contribution in [0.15, 0.2) is 23.0 Å². The molecule has 2 heterocycles. The van der Waals surface area contributed by atoms with Crippen LogP contribution >= 0.6 is 12.2 Å². The molecule has 3 rings (SSSR count). The summed E-state index contributed by atoms with van der Waals surface area (Å²) in [4.78, 5) is 30.9. The smallest absolute Gasteiger partial charge is 0.278 e. The van der Waals surface area contributed by atoms with Gasteiger partial charge in [-0.05, 0) is 57.1 Å². The van der Waals surface area contributed by atoms with Gasteiger partial charge in [0.25, 0.3) is 5.56 Å². The minimum atomic E-state index is -0.133. The highest BCUT2D eigenvalue weighted by Gasteiger charge is 2.12. The number of aromatic amines is 2. The maximum Gasteiger partial charge on any atom is 0.278 e. The Labute approximate surface area is 168 Å². The number of carbonyl (C=O) groups is 1. The highest BCUT2D eigenvalue weighted by molar-refractivity contribution is 7.71. The first-order valence-electron chi connectivity index (χ1n) is 9.52. The number of unbranched alkanes of at least 4 members (excludes halogenated alkanes) is 2. The third-order valence-corrected chi connectivity index (χ3v) is 5.00. The summed E-state index contributed by atoms with van der Waals surface area (Å²) in [5.74, 6) is 0.790. The highest BCUT2D eigenvalue weighted by Crippen LogP contribution is 2.25. The molecule has 0 aliphatic carbocycles. The molecule has 0 radical (unpaired) electrons. The molecule has 3 aromatic rings. The van der Waals surface area contributed by atoms with Crippen molar-refractivity contribution in [2.75, 3.05) is 7.11 Å². The molecule has 0 atom stereocenters. The van der Waals surface area contributed by atoms with E-state index < -0.39 is 0 Å². The van der Waals surface area contributed by atoms with Gasteiger partial charge >= 0.3 is 0 Å². The van der Waals surface area contributed by atoms with Crippen LogP contribution in [0.2, 0.25) is 0 Å². The maximum atomic E-state index is 12.9. The van der Waals surface area contributed by atoms with E-state index >= 15 is 0 Å². The summed E-state index contributed by atoms with van der Waals surface area (Å²) in [7, 11) is 1.61. The van der Waals surface area contributed by atoms with E-state index in [0.717, 1.165) is 35.9 Å². The van der Waals surface area contributed by atoms with Gasteiger partial charge in [0.2, 0.25) is 5.91 Å². The van der Waals surface area contributed by atoms with Crippen LogP contribution in [0.1, 0.15) is 39.5 Å². The molecule has 0 saturated heterocycles. The zero-order valence-electron chi connectivity index (χ0n) is 16.4. The van der Waals surface area contributed by atoms with E-state index in [1.165, 1.54) is 0 Å². The fraction of sp³-hybridized carbons (Fsp3) is 0.450. The van der Waals surface area contributed by atoms with Crippen molar-refractivity contribution in [3.05, 3.63) is 33.3 Å². The molecule has 3 N–H and O–H groups in total. The molecule has 0 saturated carbocycles. The Balaban J connectivity index is 1.74. The fourth-order valence-corrected chi connectivity index (χ4v) is 3.60. The van der Waals surface area contributed by atoms with Crippen LogP contribution in [0.25, 0.3) is 21.9 Å². The Morgan fingerprint density at radius 3 is 2.71 bits per heavy atom. The summed E-state index contributed by atoms with van der Waals surface area (Å²) < 4.78 is 7.26. The second-order valence-corrected chi connectivity index (χ2v) is 7.59. The minimum Gasteiger partial charge on any atom is -0.497 e. The van der Waals surface area contributed by atoms with Crippen molar-refractivity contribution >= 4 is 40.1 Å². The summed E-state index contributed by atoms with van der Waals surface area (Å²) in [6, 6.07) is 5.77. The van der Waals surface area contributed by atoms with E-state index in [1.807, 2.05) is 32.0 Å². The average Bonchev–Trinajstić information content (AvgIpc) is 3.01. The van der Waals surface area contributed by atoms with Crippen LogP contribution in [0.3, 0.4) is 0 Å². The lowest BCUT2D eigenvalue weighted by atomic mass is 10.2. The predicted molar refractivity (Wildman–Crippen MR) is 114 cm³/mol. The number of rotatable bonds is 8. The summed E-state index contributed by atoms with van der Waals surface area (Å²) in [5, 5.41) is 3.76. The van der Waals surface area contributed by atoms with Crippen LogP contribution in [-0.2, 0) is 11.3 Å². The molecule has 0 fully saturated rings. The lowest BCUT2D eigenvalue weighted by Crippen LogP contribution is -2.29. The van der Waals surface area contributed by atoms with Crippen LogP contribution in [0.4, 0.5) is 0 Å². The molecule has 1 aromatic carbocycles. The molecule has 0 bridgehead atoms. The van der Waals surface area contributed by atoms with Gasteiger partial charge < -0.3 is 20.0 Å². The molecule has 2 aromatic heterocycles. The predicted octanol–water partition coefficient (Wildman–Crippen LogP) is 3.63. The Morgan fingerprint density at radius 1 is 1.21 bits per heavy atom. The standard InChI is InChI=1S/C20H26N4O3S/c1-12(2)21-16(25)7-5-4-6-10-24-19(26)18-17(23-20(24)28)14-11-13(27-3)8-9-15(14)22-18/h8-9,11-12,22H,4-7,10H2,1-3H3,(H,21,25)(H,23,28). The van der Waals surface area contributed by atoms with Crippen molar-refractivity contribution in [1.29, 1.82) is 0 Å². The highest BCUT2D eigenvalue weighted by atomic mass is 32.1. The molecule has 8 heteroatoms. The van der Waals surface area contributed by atoms with Gasteiger partial charge in [0.15, 0.2) is 4.77 Å². The van der Waals surface area contributed by atoms with Crippen molar-refractivity contribution in [2.24, 2.45) is 0 Å². The van der Waals surface area contributed by atoms with E-state index in [-0.39, 0.29) is 17.5 Å². The summed E-state index contributed by atoms with van der Waals surface area (Å²) in [5.41, 5.74) is 1.93. The first-order valence-corrected chi connectivity index (χ1v) is 9.93. The Morgan fingerprint density at radius 2 is 2.00 bits per heavy atom. The molecule has 0 aliphatic rings. The Hall–Kier alpha value is -2.61. The molecule has 150 valence electrons. The normalized spacial score (nSPS) is 11.4. The molecule has 0 spiro atoms.